The Labute approximate surface area is 120 Å². The number of benzene rings is 2. The Balaban J connectivity index is 2.03. The molecule has 0 atom stereocenters. The molecule has 2 aromatic rings. The number of hydrogen-bond donors (Lipinski definition) is 2. The van der Waals surface area contributed by atoms with Crippen LogP contribution in [0.15, 0.2) is 46.9 Å². The molecule has 4 heteroatoms. The van der Waals surface area contributed by atoms with E-state index in [-0.39, 0.29) is 18.1 Å². The predicted octanol–water partition coefficient (Wildman–Crippen LogP) is 3.64. The lowest BCUT2D eigenvalue weighted by Crippen LogP contribution is -2.14. The number of nitrogens with one attached hydrogen (secondary N) is 1. The van der Waals surface area contributed by atoms with Gasteiger partial charge in [-0.3, -0.25) is 4.79 Å². The van der Waals surface area contributed by atoms with E-state index in [1.807, 2.05) is 37.3 Å². The van der Waals surface area contributed by atoms with E-state index in [0.717, 1.165) is 15.6 Å². The van der Waals surface area contributed by atoms with Crippen LogP contribution < -0.4 is 5.32 Å². The van der Waals surface area contributed by atoms with Crippen LogP contribution in [0.2, 0.25) is 0 Å². The lowest BCUT2D eigenvalue weighted by atomic mass is 10.1. The number of amides is 1. The quantitative estimate of drug-likeness (QED) is 0.848. The van der Waals surface area contributed by atoms with Crippen molar-refractivity contribution < 1.29 is 9.90 Å². The van der Waals surface area contributed by atoms with Crippen molar-refractivity contribution >= 4 is 27.5 Å². The van der Waals surface area contributed by atoms with Crippen molar-refractivity contribution in [2.45, 2.75) is 13.3 Å². The predicted molar refractivity (Wildman–Crippen MR) is 79.3 cm³/mol. The van der Waals surface area contributed by atoms with Gasteiger partial charge in [-0.05, 0) is 42.3 Å². The van der Waals surface area contributed by atoms with Gasteiger partial charge >= 0.3 is 0 Å². The summed E-state index contributed by atoms with van der Waals surface area (Å²) >= 11 is 3.35. The normalized spacial score (nSPS) is 10.2. The van der Waals surface area contributed by atoms with E-state index < -0.39 is 0 Å². The number of carbonyl (C=O) groups is 1. The third-order valence-corrected chi connectivity index (χ3v) is 3.23. The highest BCUT2D eigenvalue weighted by atomic mass is 79.9. The van der Waals surface area contributed by atoms with Crippen molar-refractivity contribution in [1.82, 2.24) is 0 Å². The number of anilines is 1. The molecule has 0 aliphatic carbocycles. The zero-order valence-corrected chi connectivity index (χ0v) is 12.1. The monoisotopic (exact) mass is 319 g/mol. The number of rotatable bonds is 3. The lowest BCUT2D eigenvalue weighted by Gasteiger charge is -2.08. The largest absolute Gasteiger partial charge is 0.506 e. The highest BCUT2D eigenvalue weighted by Crippen LogP contribution is 2.24. The van der Waals surface area contributed by atoms with Gasteiger partial charge in [0.15, 0.2) is 0 Å². The molecule has 0 saturated carbocycles. The summed E-state index contributed by atoms with van der Waals surface area (Å²) in [7, 11) is 0. The number of phenols is 1. The van der Waals surface area contributed by atoms with Gasteiger partial charge in [0, 0.05) is 4.47 Å². The summed E-state index contributed by atoms with van der Waals surface area (Å²) in [6, 6.07) is 12.7. The van der Waals surface area contributed by atoms with Gasteiger partial charge in [-0.15, -0.1) is 0 Å². The van der Waals surface area contributed by atoms with E-state index in [9.17, 15) is 9.90 Å². The number of aryl methyl sites for hydroxylation is 1. The van der Waals surface area contributed by atoms with Gasteiger partial charge in [0.05, 0.1) is 12.1 Å². The van der Waals surface area contributed by atoms with Gasteiger partial charge in [-0.2, -0.15) is 0 Å². The molecule has 0 aliphatic rings. The topological polar surface area (TPSA) is 49.3 Å². The average molecular weight is 320 g/mol. The number of aromatic hydroxyl groups is 1. The summed E-state index contributed by atoms with van der Waals surface area (Å²) in [5, 5.41) is 12.4. The molecule has 0 saturated heterocycles. The van der Waals surface area contributed by atoms with E-state index in [1.54, 1.807) is 12.1 Å². The zero-order chi connectivity index (χ0) is 13.8. The van der Waals surface area contributed by atoms with Gasteiger partial charge in [-0.25, -0.2) is 0 Å². The van der Waals surface area contributed by atoms with E-state index in [0.29, 0.717) is 5.69 Å². The number of carbonyl (C=O) groups excluding carboxylic acids is 1. The molecule has 0 heterocycles. The molecular formula is C15H14BrNO2. The van der Waals surface area contributed by atoms with Crippen molar-refractivity contribution in [3.8, 4) is 5.75 Å². The van der Waals surface area contributed by atoms with Crippen molar-refractivity contribution in [2.75, 3.05) is 5.32 Å². The van der Waals surface area contributed by atoms with Crippen LogP contribution in [-0.2, 0) is 11.2 Å². The third-order valence-electron chi connectivity index (χ3n) is 2.71. The van der Waals surface area contributed by atoms with Crippen LogP contribution in [-0.4, -0.2) is 11.0 Å². The minimum Gasteiger partial charge on any atom is -0.506 e. The fourth-order valence-electron chi connectivity index (χ4n) is 1.73. The Bertz CT molecular complexity index is 594. The molecule has 0 spiro atoms. The number of halogens is 1. The molecule has 0 unspecified atom stereocenters. The molecule has 0 fully saturated rings. The Hall–Kier alpha value is -1.81. The van der Waals surface area contributed by atoms with Crippen LogP contribution in [0.25, 0.3) is 0 Å². The highest BCUT2D eigenvalue weighted by Gasteiger charge is 2.07. The second-order valence-electron chi connectivity index (χ2n) is 4.37. The summed E-state index contributed by atoms with van der Waals surface area (Å²) in [6.07, 6.45) is 0.278. The molecule has 2 rings (SSSR count). The molecule has 2 aromatic carbocycles. The average Bonchev–Trinajstić information content (AvgIpc) is 2.36. The molecule has 0 bridgehead atoms. The second-order valence-corrected chi connectivity index (χ2v) is 5.29. The zero-order valence-electron chi connectivity index (χ0n) is 10.5. The van der Waals surface area contributed by atoms with Crippen molar-refractivity contribution in [1.29, 1.82) is 0 Å². The summed E-state index contributed by atoms with van der Waals surface area (Å²) < 4.78 is 0.979. The van der Waals surface area contributed by atoms with Crippen LogP contribution in [0, 0.1) is 6.92 Å². The van der Waals surface area contributed by atoms with Gasteiger partial charge in [0.2, 0.25) is 5.91 Å². The van der Waals surface area contributed by atoms with Crippen LogP contribution in [0.1, 0.15) is 11.1 Å². The fourth-order valence-corrected chi connectivity index (χ4v) is 1.99. The van der Waals surface area contributed by atoms with Gasteiger partial charge < -0.3 is 10.4 Å². The molecular weight excluding hydrogens is 306 g/mol. The molecule has 19 heavy (non-hydrogen) atoms. The Morgan fingerprint density at radius 1 is 1.21 bits per heavy atom. The molecule has 3 nitrogen and oxygen atoms in total. The summed E-state index contributed by atoms with van der Waals surface area (Å²) in [4.78, 5) is 11.9. The number of hydrogen-bond acceptors (Lipinski definition) is 2. The lowest BCUT2D eigenvalue weighted by molar-refractivity contribution is -0.115. The first kappa shape index (κ1) is 13.6. The molecule has 0 radical (unpaired) electrons. The molecule has 0 aromatic heterocycles. The minimum absolute atomic E-state index is 0.0872. The summed E-state index contributed by atoms with van der Waals surface area (Å²) in [6.45, 7) is 1.88. The van der Waals surface area contributed by atoms with Crippen LogP contribution in [0.3, 0.4) is 0 Å². The van der Waals surface area contributed by atoms with Crippen molar-refractivity contribution in [3.63, 3.8) is 0 Å². The van der Waals surface area contributed by atoms with E-state index in [4.69, 9.17) is 0 Å². The SMILES string of the molecule is Cc1ccc(NC(=O)Cc2ccc(Br)cc2)c(O)c1. The Kier molecular flexibility index (Phi) is 4.22. The van der Waals surface area contributed by atoms with Crippen molar-refractivity contribution in [2.24, 2.45) is 0 Å². The molecule has 0 aliphatic heterocycles. The maximum Gasteiger partial charge on any atom is 0.228 e. The Morgan fingerprint density at radius 2 is 1.89 bits per heavy atom. The van der Waals surface area contributed by atoms with Crippen LogP contribution in [0.5, 0.6) is 5.75 Å². The molecule has 1 amide bonds. The van der Waals surface area contributed by atoms with E-state index >= 15 is 0 Å². The Morgan fingerprint density at radius 3 is 2.53 bits per heavy atom. The van der Waals surface area contributed by atoms with Crippen LogP contribution in [0.4, 0.5) is 5.69 Å². The first-order valence-corrected chi connectivity index (χ1v) is 6.68. The first-order chi connectivity index (χ1) is 9.04. The summed E-state index contributed by atoms with van der Waals surface area (Å²) in [5.74, 6) is -0.0642. The number of phenolic OH excluding ortho intramolecular Hbond substituents is 1. The molecule has 98 valence electrons. The fraction of sp³-hybridized carbons (Fsp3) is 0.133. The smallest absolute Gasteiger partial charge is 0.228 e. The highest BCUT2D eigenvalue weighted by molar-refractivity contribution is 9.10. The van der Waals surface area contributed by atoms with E-state index in [1.165, 1.54) is 0 Å². The third kappa shape index (κ3) is 3.83. The standard InChI is InChI=1S/C15H14BrNO2/c1-10-2-7-13(14(18)8-10)17-15(19)9-11-3-5-12(16)6-4-11/h2-8,18H,9H2,1H3,(H,17,19). The van der Waals surface area contributed by atoms with Gasteiger partial charge in [-0.1, -0.05) is 34.1 Å². The molecule has 2 N–H and O–H groups in total. The summed E-state index contributed by atoms with van der Waals surface area (Å²) in [5.41, 5.74) is 2.31. The van der Waals surface area contributed by atoms with Crippen molar-refractivity contribution in [3.05, 3.63) is 58.1 Å². The van der Waals surface area contributed by atoms with Gasteiger partial charge in [0.25, 0.3) is 0 Å². The van der Waals surface area contributed by atoms with Crippen LogP contribution >= 0.6 is 15.9 Å². The minimum atomic E-state index is -0.151. The maximum atomic E-state index is 11.9. The second kappa shape index (κ2) is 5.89. The van der Waals surface area contributed by atoms with E-state index in [2.05, 4.69) is 21.2 Å². The first-order valence-electron chi connectivity index (χ1n) is 5.88. The maximum absolute atomic E-state index is 11.9. The van der Waals surface area contributed by atoms with Gasteiger partial charge in [0.1, 0.15) is 5.75 Å².